The number of rotatable bonds is 7. The molecule has 0 atom stereocenters. The molecule has 0 spiro atoms. The van der Waals surface area contributed by atoms with Crippen molar-refractivity contribution in [1.82, 2.24) is 19.7 Å². The third-order valence-corrected chi connectivity index (χ3v) is 3.48. The second kappa shape index (κ2) is 8.75. The maximum Gasteiger partial charge on any atom is 0.263 e. The highest BCUT2D eigenvalue weighted by atomic mass is 16.5. The van der Waals surface area contributed by atoms with Crippen LogP contribution in [0.15, 0.2) is 41.0 Å². The minimum absolute atomic E-state index is 0.0181. The van der Waals surface area contributed by atoms with E-state index in [4.69, 9.17) is 10.5 Å². The minimum atomic E-state index is -0.462. The van der Waals surface area contributed by atoms with Gasteiger partial charge in [0.1, 0.15) is 23.4 Å². The molecule has 26 heavy (non-hydrogen) atoms. The molecule has 0 saturated carbocycles. The van der Waals surface area contributed by atoms with Crippen LogP contribution in [-0.2, 0) is 9.53 Å². The Balaban J connectivity index is 2.29. The minimum Gasteiger partial charge on any atom is -0.482 e. The van der Waals surface area contributed by atoms with E-state index in [2.05, 4.69) is 25.5 Å². The second-order valence-electron chi connectivity index (χ2n) is 5.63. The predicted octanol–water partition coefficient (Wildman–Crippen LogP) is 1.77. The first-order valence-electron chi connectivity index (χ1n) is 8.19. The van der Waals surface area contributed by atoms with E-state index in [9.17, 15) is 4.79 Å². The Kier molecular flexibility index (Phi) is 6.42. The fraction of sp³-hybridized carbons (Fsp3) is 0.353. The third kappa shape index (κ3) is 4.44. The highest BCUT2D eigenvalue weighted by Crippen LogP contribution is 2.20. The van der Waals surface area contributed by atoms with Crippen LogP contribution in [0.2, 0.25) is 0 Å². The summed E-state index contributed by atoms with van der Waals surface area (Å²) >= 11 is 0. The highest BCUT2D eigenvalue weighted by molar-refractivity contribution is 6.17. The fourth-order valence-electron chi connectivity index (χ4n) is 2.14. The number of amides is 1. The molecule has 0 aromatic carbocycles. The summed E-state index contributed by atoms with van der Waals surface area (Å²) < 4.78 is 6.86. The van der Waals surface area contributed by atoms with Crippen LogP contribution in [0.25, 0.3) is 11.5 Å². The van der Waals surface area contributed by atoms with Crippen molar-refractivity contribution in [1.29, 1.82) is 0 Å². The quantitative estimate of drug-likeness (QED) is 0.442. The van der Waals surface area contributed by atoms with Gasteiger partial charge in [-0.25, -0.2) is 4.98 Å². The van der Waals surface area contributed by atoms with Crippen LogP contribution in [0, 0.1) is 0 Å². The zero-order valence-electron chi connectivity index (χ0n) is 15.3. The molecule has 0 radical (unpaired) electrons. The van der Waals surface area contributed by atoms with E-state index in [-0.39, 0.29) is 17.5 Å². The highest BCUT2D eigenvalue weighted by Gasteiger charge is 2.16. The van der Waals surface area contributed by atoms with E-state index in [1.165, 1.54) is 13.3 Å². The van der Waals surface area contributed by atoms with Gasteiger partial charge in [-0.1, -0.05) is 6.07 Å². The first-order chi connectivity index (χ1) is 12.5. The zero-order valence-corrected chi connectivity index (χ0v) is 15.3. The maximum atomic E-state index is 12.5. The number of anilines is 1. The molecule has 2 heterocycles. The number of carbonyl (C=O) groups excluding carboxylic acids is 1. The molecule has 138 valence electrons. The molecule has 0 aliphatic heterocycles. The molecule has 2 aromatic heterocycles. The molecule has 1 amide bonds. The van der Waals surface area contributed by atoms with Gasteiger partial charge in [0, 0.05) is 18.8 Å². The van der Waals surface area contributed by atoms with Crippen LogP contribution in [0.4, 0.5) is 5.82 Å². The Hall–Kier alpha value is -3.23. The standard InChI is InChI=1S/C17H23N7O2/c1-5-19-9-12(15(18)26-4)17(25)22-14-8-6-7-13(21-14)16-23-20-10-24(16)11(2)3/h6-11H,5,18H2,1-4H3,(H,21,22,25). The summed E-state index contributed by atoms with van der Waals surface area (Å²) in [7, 11) is 1.39. The van der Waals surface area contributed by atoms with Crippen LogP contribution in [0.3, 0.4) is 0 Å². The van der Waals surface area contributed by atoms with Gasteiger partial charge in [-0.05, 0) is 32.9 Å². The molecule has 0 saturated heterocycles. The fourth-order valence-corrected chi connectivity index (χ4v) is 2.14. The number of aliphatic imine (C=N–C) groups is 1. The van der Waals surface area contributed by atoms with Crippen molar-refractivity contribution in [3.63, 3.8) is 0 Å². The SMILES string of the molecule is CCN=CC(C(=O)Nc1cccc(-c2nncn2C(C)C)n1)=C(N)OC. The predicted molar refractivity (Wildman–Crippen MR) is 99.5 cm³/mol. The molecule has 9 nitrogen and oxygen atoms in total. The van der Waals surface area contributed by atoms with Crippen molar-refractivity contribution >= 4 is 17.9 Å². The van der Waals surface area contributed by atoms with Crippen LogP contribution >= 0.6 is 0 Å². The van der Waals surface area contributed by atoms with Crippen LogP contribution in [0.1, 0.15) is 26.8 Å². The van der Waals surface area contributed by atoms with E-state index >= 15 is 0 Å². The van der Waals surface area contributed by atoms with Crippen molar-refractivity contribution in [2.45, 2.75) is 26.8 Å². The van der Waals surface area contributed by atoms with Crippen LogP contribution in [0.5, 0.6) is 0 Å². The zero-order chi connectivity index (χ0) is 19.1. The Morgan fingerprint density at radius 2 is 2.23 bits per heavy atom. The number of methoxy groups -OCH3 is 1. The lowest BCUT2D eigenvalue weighted by molar-refractivity contribution is -0.112. The molecule has 9 heteroatoms. The van der Waals surface area contributed by atoms with Gasteiger partial charge >= 0.3 is 0 Å². The second-order valence-corrected chi connectivity index (χ2v) is 5.63. The molecule has 2 rings (SSSR count). The summed E-state index contributed by atoms with van der Waals surface area (Å²) in [5.74, 6) is 0.500. The van der Waals surface area contributed by atoms with Gasteiger partial charge in [0.15, 0.2) is 11.7 Å². The molecular formula is C17H23N7O2. The van der Waals surface area contributed by atoms with E-state index in [1.807, 2.05) is 25.3 Å². The third-order valence-electron chi connectivity index (χ3n) is 3.48. The van der Waals surface area contributed by atoms with Gasteiger partial charge in [-0.3, -0.25) is 9.79 Å². The normalized spacial score (nSPS) is 12.3. The molecule has 0 aliphatic rings. The summed E-state index contributed by atoms with van der Waals surface area (Å²) in [6.45, 7) is 6.42. The number of nitrogens with two attached hydrogens (primary N) is 1. The van der Waals surface area contributed by atoms with E-state index in [0.29, 0.717) is 23.9 Å². The Morgan fingerprint density at radius 1 is 1.46 bits per heavy atom. The maximum absolute atomic E-state index is 12.5. The summed E-state index contributed by atoms with van der Waals surface area (Å²) in [4.78, 5) is 21.0. The van der Waals surface area contributed by atoms with Crippen molar-refractivity contribution in [2.75, 3.05) is 19.0 Å². The molecule has 2 aromatic rings. The van der Waals surface area contributed by atoms with Gasteiger partial charge in [-0.15, -0.1) is 10.2 Å². The van der Waals surface area contributed by atoms with Crippen molar-refractivity contribution in [3.05, 3.63) is 36.0 Å². The number of hydrogen-bond acceptors (Lipinski definition) is 7. The number of nitrogens with one attached hydrogen (secondary N) is 1. The lowest BCUT2D eigenvalue weighted by Gasteiger charge is -2.11. The van der Waals surface area contributed by atoms with Crippen molar-refractivity contribution < 1.29 is 9.53 Å². The largest absolute Gasteiger partial charge is 0.482 e. The summed E-state index contributed by atoms with van der Waals surface area (Å²) in [6.07, 6.45) is 3.03. The van der Waals surface area contributed by atoms with Gasteiger partial charge in [0.2, 0.25) is 0 Å². The van der Waals surface area contributed by atoms with Gasteiger partial charge in [-0.2, -0.15) is 0 Å². The topological polar surface area (TPSA) is 120 Å². The average molecular weight is 357 g/mol. The number of ether oxygens (including phenoxy) is 1. The first-order valence-corrected chi connectivity index (χ1v) is 8.19. The van der Waals surface area contributed by atoms with Gasteiger partial charge < -0.3 is 20.4 Å². The molecule has 0 aliphatic carbocycles. The average Bonchev–Trinajstić information content (AvgIpc) is 3.12. The summed E-state index contributed by atoms with van der Waals surface area (Å²) in [6, 6.07) is 5.44. The van der Waals surface area contributed by atoms with Crippen LogP contribution < -0.4 is 11.1 Å². The Bertz CT molecular complexity index is 824. The van der Waals surface area contributed by atoms with Crippen molar-refractivity contribution in [3.8, 4) is 11.5 Å². The lowest BCUT2D eigenvalue weighted by atomic mass is 10.2. The van der Waals surface area contributed by atoms with Gasteiger partial charge in [0.25, 0.3) is 5.91 Å². The lowest BCUT2D eigenvalue weighted by Crippen LogP contribution is -2.21. The van der Waals surface area contributed by atoms with E-state index in [0.717, 1.165) is 0 Å². The molecule has 0 bridgehead atoms. The number of aromatic nitrogens is 4. The molecule has 0 fully saturated rings. The van der Waals surface area contributed by atoms with Crippen LogP contribution in [-0.4, -0.2) is 45.5 Å². The monoisotopic (exact) mass is 357 g/mol. The number of pyridine rings is 1. The van der Waals surface area contributed by atoms with Gasteiger partial charge in [0.05, 0.1) is 7.11 Å². The van der Waals surface area contributed by atoms with E-state index in [1.54, 1.807) is 24.5 Å². The Morgan fingerprint density at radius 3 is 2.88 bits per heavy atom. The Labute approximate surface area is 152 Å². The first kappa shape index (κ1) is 19.1. The van der Waals surface area contributed by atoms with Crippen molar-refractivity contribution in [2.24, 2.45) is 10.7 Å². The smallest absolute Gasteiger partial charge is 0.263 e. The summed E-state index contributed by atoms with van der Waals surface area (Å²) in [5, 5.41) is 10.7. The molecular weight excluding hydrogens is 334 g/mol. The summed E-state index contributed by atoms with van der Waals surface area (Å²) in [5.41, 5.74) is 6.47. The number of nitrogens with zero attached hydrogens (tertiary/aromatic N) is 5. The van der Waals surface area contributed by atoms with E-state index < -0.39 is 5.91 Å². The molecule has 0 unspecified atom stereocenters. The molecule has 3 N–H and O–H groups in total. The number of hydrogen-bond donors (Lipinski definition) is 2. The number of carbonyl (C=O) groups is 1.